The van der Waals surface area contributed by atoms with Crippen molar-refractivity contribution in [2.75, 3.05) is 31.5 Å². The number of hydrogen-bond donors (Lipinski definition) is 1. The summed E-state index contributed by atoms with van der Waals surface area (Å²) in [5.74, 6) is 0.255. The number of amides is 1. The molecule has 2 aromatic rings. The monoisotopic (exact) mass is 399 g/mol. The third-order valence-corrected chi connectivity index (χ3v) is 5.82. The fourth-order valence-corrected chi connectivity index (χ4v) is 3.95. The summed E-state index contributed by atoms with van der Waals surface area (Å²) in [4.78, 5) is 25.9. The highest BCUT2D eigenvalue weighted by Crippen LogP contribution is 2.22. The lowest BCUT2D eigenvalue weighted by molar-refractivity contribution is -0.136. The van der Waals surface area contributed by atoms with Crippen LogP contribution in [-0.4, -0.2) is 57.0 Å². The van der Waals surface area contributed by atoms with Gasteiger partial charge in [0, 0.05) is 31.9 Å². The maximum atomic E-state index is 12.7. The van der Waals surface area contributed by atoms with Crippen molar-refractivity contribution in [2.24, 2.45) is 5.92 Å². The average molecular weight is 400 g/mol. The second-order valence-electron chi connectivity index (χ2n) is 7.32. The van der Waals surface area contributed by atoms with Crippen molar-refractivity contribution in [1.82, 2.24) is 19.8 Å². The number of nitrogens with zero attached hydrogens (tertiary/aromatic N) is 4. The second kappa shape index (κ2) is 8.82. The molecule has 1 aromatic heterocycles. The van der Waals surface area contributed by atoms with Gasteiger partial charge < -0.3 is 15.1 Å². The lowest BCUT2D eigenvalue weighted by Gasteiger charge is -2.36. The van der Waals surface area contributed by atoms with Crippen molar-refractivity contribution >= 4 is 40.0 Å². The van der Waals surface area contributed by atoms with E-state index in [0.717, 1.165) is 60.6 Å². The van der Waals surface area contributed by atoms with Crippen molar-refractivity contribution in [3.63, 3.8) is 0 Å². The van der Waals surface area contributed by atoms with E-state index in [-0.39, 0.29) is 11.8 Å². The SMILES string of the molecule is CCN(CC)C(=O)[C@@H]1CCCN(C(=S)Nc2ccc3nc(C)c(C)nc3c2)C1. The van der Waals surface area contributed by atoms with E-state index in [1.54, 1.807) is 0 Å². The highest BCUT2D eigenvalue weighted by Gasteiger charge is 2.29. The van der Waals surface area contributed by atoms with E-state index in [2.05, 4.69) is 20.2 Å². The number of benzene rings is 1. The molecule has 0 radical (unpaired) electrons. The van der Waals surface area contributed by atoms with Crippen LogP contribution in [0.15, 0.2) is 18.2 Å². The smallest absolute Gasteiger partial charge is 0.227 e. The van der Waals surface area contributed by atoms with Crippen LogP contribution in [0.4, 0.5) is 5.69 Å². The molecule has 0 spiro atoms. The van der Waals surface area contributed by atoms with Gasteiger partial charge in [0.1, 0.15) is 0 Å². The molecule has 1 aliphatic heterocycles. The molecule has 3 rings (SSSR count). The van der Waals surface area contributed by atoms with Crippen LogP contribution < -0.4 is 5.32 Å². The minimum absolute atomic E-state index is 0.0153. The molecule has 1 aliphatic rings. The van der Waals surface area contributed by atoms with Gasteiger partial charge in [0.15, 0.2) is 5.11 Å². The largest absolute Gasteiger partial charge is 0.348 e. The molecule has 7 heteroatoms. The van der Waals surface area contributed by atoms with Crippen LogP contribution >= 0.6 is 12.2 Å². The number of thiocarbonyl (C=S) groups is 1. The number of carbonyl (C=O) groups excluding carboxylic acids is 1. The van der Waals surface area contributed by atoms with E-state index in [1.807, 2.05) is 50.8 Å². The van der Waals surface area contributed by atoms with Gasteiger partial charge in [-0.3, -0.25) is 4.79 Å². The molecule has 2 heterocycles. The molecule has 1 atom stereocenters. The van der Waals surface area contributed by atoms with E-state index >= 15 is 0 Å². The molecule has 0 unspecified atom stereocenters. The van der Waals surface area contributed by atoms with Gasteiger partial charge >= 0.3 is 0 Å². The molecule has 1 N–H and O–H groups in total. The summed E-state index contributed by atoms with van der Waals surface area (Å²) in [5, 5.41) is 3.98. The average Bonchev–Trinajstić information content (AvgIpc) is 2.70. The summed E-state index contributed by atoms with van der Waals surface area (Å²) in [6.07, 6.45) is 1.90. The fraction of sp³-hybridized carbons (Fsp3) is 0.524. The highest BCUT2D eigenvalue weighted by molar-refractivity contribution is 7.80. The van der Waals surface area contributed by atoms with E-state index in [0.29, 0.717) is 11.7 Å². The Labute approximate surface area is 172 Å². The summed E-state index contributed by atoms with van der Waals surface area (Å²) in [7, 11) is 0. The molecule has 150 valence electrons. The molecule has 0 aliphatic carbocycles. The molecule has 28 heavy (non-hydrogen) atoms. The third-order valence-electron chi connectivity index (χ3n) is 5.46. The van der Waals surface area contributed by atoms with Crippen molar-refractivity contribution in [1.29, 1.82) is 0 Å². The van der Waals surface area contributed by atoms with Gasteiger partial charge in [0.05, 0.1) is 28.3 Å². The number of hydrogen-bond acceptors (Lipinski definition) is 4. The Kier molecular flexibility index (Phi) is 6.44. The van der Waals surface area contributed by atoms with Gasteiger partial charge in [0.25, 0.3) is 0 Å². The van der Waals surface area contributed by atoms with Crippen LogP contribution in [0, 0.1) is 19.8 Å². The van der Waals surface area contributed by atoms with Gasteiger partial charge in [-0.25, -0.2) is 9.97 Å². The molecule has 1 aromatic carbocycles. The standard InChI is InChI=1S/C21H29N5OS/c1-5-25(6-2)20(27)16-8-7-11-26(13-16)21(28)24-17-9-10-18-19(12-17)23-15(4)14(3)22-18/h9-10,12,16H,5-8,11,13H2,1-4H3,(H,24,28)/t16-/m1/s1. The second-order valence-corrected chi connectivity index (χ2v) is 7.71. The van der Waals surface area contributed by atoms with Gasteiger partial charge in [-0.2, -0.15) is 0 Å². The van der Waals surface area contributed by atoms with Gasteiger partial charge in [-0.1, -0.05) is 0 Å². The first kappa shape index (κ1) is 20.5. The Morgan fingerprint density at radius 3 is 2.57 bits per heavy atom. The molecular formula is C21H29N5OS. The van der Waals surface area contributed by atoms with E-state index in [4.69, 9.17) is 12.2 Å². The lowest BCUT2D eigenvalue weighted by Crippen LogP contribution is -2.47. The number of rotatable bonds is 4. The van der Waals surface area contributed by atoms with Crippen molar-refractivity contribution in [3.05, 3.63) is 29.6 Å². The maximum Gasteiger partial charge on any atom is 0.227 e. The van der Waals surface area contributed by atoms with Crippen molar-refractivity contribution in [2.45, 2.75) is 40.5 Å². The Morgan fingerprint density at radius 1 is 1.21 bits per heavy atom. The van der Waals surface area contributed by atoms with Gasteiger partial charge in [-0.05, 0) is 71.0 Å². The first-order valence-corrected chi connectivity index (χ1v) is 10.4. The first-order valence-electron chi connectivity index (χ1n) is 10.0. The minimum Gasteiger partial charge on any atom is -0.348 e. The molecule has 0 saturated carbocycles. The number of anilines is 1. The van der Waals surface area contributed by atoms with Crippen molar-refractivity contribution in [3.8, 4) is 0 Å². The number of nitrogens with one attached hydrogen (secondary N) is 1. The normalized spacial score (nSPS) is 16.9. The lowest BCUT2D eigenvalue weighted by atomic mass is 9.96. The van der Waals surface area contributed by atoms with Crippen LogP contribution in [0.5, 0.6) is 0 Å². The number of carbonyl (C=O) groups is 1. The van der Waals surface area contributed by atoms with Crippen LogP contribution in [0.2, 0.25) is 0 Å². The fourth-order valence-electron chi connectivity index (χ4n) is 3.67. The number of fused-ring (bicyclic) bond motifs is 1. The molecule has 1 fully saturated rings. The van der Waals surface area contributed by atoms with Gasteiger partial charge in [0.2, 0.25) is 5.91 Å². The van der Waals surface area contributed by atoms with Crippen LogP contribution in [0.3, 0.4) is 0 Å². The van der Waals surface area contributed by atoms with E-state index in [1.165, 1.54) is 0 Å². The van der Waals surface area contributed by atoms with E-state index < -0.39 is 0 Å². The zero-order valence-electron chi connectivity index (χ0n) is 17.2. The zero-order chi connectivity index (χ0) is 20.3. The van der Waals surface area contributed by atoms with Crippen molar-refractivity contribution < 1.29 is 4.79 Å². The Balaban J connectivity index is 1.69. The van der Waals surface area contributed by atoms with Crippen LogP contribution in [-0.2, 0) is 4.79 Å². The number of piperidine rings is 1. The number of likely N-dealkylation sites (tertiary alicyclic amines) is 1. The molecule has 1 amide bonds. The summed E-state index contributed by atoms with van der Waals surface area (Å²) >= 11 is 5.64. The number of aryl methyl sites for hydroxylation is 2. The minimum atomic E-state index is 0.0153. The quantitative estimate of drug-likeness (QED) is 0.794. The number of aromatic nitrogens is 2. The van der Waals surface area contributed by atoms with Crippen LogP contribution in [0.25, 0.3) is 11.0 Å². The summed E-state index contributed by atoms with van der Waals surface area (Å²) in [5.41, 5.74) is 4.50. The zero-order valence-corrected chi connectivity index (χ0v) is 18.0. The molecule has 0 bridgehead atoms. The summed E-state index contributed by atoms with van der Waals surface area (Å²) in [6.45, 7) is 11.0. The first-order chi connectivity index (χ1) is 13.4. The predicted octanol–water partition coefficient (Wildman–Crippen LogP) is 3.52. The van der Waals surface area contributed by atoms with E-state index in [9.17, 15) is 4.79 Å². The molecular weight excluding hydrogens is 370 g/mol. The van der Waals surface area contributed by atoms with Crippen LogP contribution in [0.1, 0.15) is 38.1 Å². The summed E-state index contributed by atoms with van der Waals surface area (Å²) < 4.78 is 0. The predicted molar refractivity (Wildman–Crippen MR) is 117 cm³/mol. The Bertz CT molecular complexity index is 880. The molecule has 6 nitrogen and oxygen atoms in total. The maximum absolute atomic E-state index is 12.7. The highest BCUT2D eigenvalue weighted by atomic mass is 32.1. The Hall–Kier alpha value is -2.28. The third kappa shape index (κ3) is 4.41. The molecule has 1 saturated heterocycles. The summed E-state index contributed by atoms with van der Waals surface area (Å²) in [6, 6.07) is 5.91. The topological polar surface area (TPSA) is 61.4 Å². The van der Waals surface area contributed by atoms with Gasteiger partial charge in [-0.15, -0.1) is 0 Å². The Morgan fingerprint density at radius 2 is 1.89 bits per heavy atom.